The third-order valence-corrected chi connectivity index (χ3v) is 1.81. The molecule has 1 aromatic rings. The third kappa shape index (κ3) is 2.35. The summed E-state index contributed by atoms with van der Waals surface area (Å²) in [5.41, 5.74) is 4.47. The first kappa shape index (κ1) is 11.7. The summed E-state index contributed by atoms with van der Waals surface area (Å²) in [6.45, 7) is -0.358. The van der Waals surface area contributed by atoms with E-state index in [2.05, 4.69) is 10.4 Å². The van der Waals surface area contributed by atoms with E-state index in [0.717, 1.165) is 10.9 Å². The van der Waals surface area contributed by atoms with Gasteiger partial charge in [-0.15, -0.1) is 0 Å². The largest absolute Gasteiger partial charge is 0.478 e. The number of carboxylic acids is 1. The fraction of sp³-hybridized carbons (Fsp3) is 0.250. The van der Waals surface area contributed by atoms with Crippen LogP contribution in [-0.2, 0) is 11.8 Å². The maximum absolute atomic E-state index is 11.5. The van der Waals surface area contributed by atoms with Crippen molar-refractivity contribution in [3.8, 4) is 0 Å². The van der Waals surface area contributed by atoms with E-state index in [9.17, 15) is 14.4 Å². The van der Waals surface area contributed by atoms with Gasteiger partial charge in [0.1, 0.15) is 11.3 Å². The molecule has 0 saturated carbocycles. The molecule has 0 saturated heterocycles. The molecule has 0 aliphatic carbocycles. The molecule has 16 heavy (non-hydrogen) atoms. The van der Waals surface area contributed by atoms with Crippen molar-refractivity contribution in [1.82, 2.24) is 15.1 Å². The highest BCUT2D eigenvalue weighted by molar-refractivity contribution is 6.04. The van der Waals surface area contributed by atoms with Gasteiger partial charge in [0.2, 0.25) is 5.91 Å². The molecule has 8 nitrogen and oxygen atoms in total. The Hall–Kier alpha value is -2.38. The zero-order valence-electron chi connectivity index (χ0n) is 8.43. The van der Waals surface area contributed by atoms with Crippen molar-refractivity contribution in [2.45, 2.75) is 0 Å². The van der Waals surface area contributed by atoms with Gasteiger partial charge in [-0.1, -0.05) is 0 Å². The highest BCUT2D eigenvalue weighted by Crippen LogP contribution is 2.06. The summed E-state index contributed by atoms with van der Waals surface area (Å²) >= 11 is 0. The Kier molecular flexibility index (Phi) is 3.24. The van der Waals surface area contributed by atoms with E-state index < -0.39 is 17.8 Å². The van der Waals surface area contributed by atoms with Crippen molar-refractivity contribution in [3.05, 3.63) is 17.5 Å². The Bertz CT molecular complexity index is 451. The molecule has 0 aliphatic rings. The number of nitrogens with two attached hydrogens (primary N) is 1. The molecule has 0 bridgehead atoms. The Balaban J connectivity index is 2.94. The molecule has 0 aliphatic heterocycles. The van der Waals surface area contributed by atoms with Gasteiger partial charge in [-0.25, -0.2) is 4.79 Å². The van der Waals surface area contributed by atoms with Crippen LogP contribution in [0.4, 0.5) is 0 Å². The first-order chi connectivity index (χ1) is 7.43. The average molecular weight is 226 g/mol. The van der Waals surface area contributed by atoms with Crippen molar-refractivity contribution in [2.75, 3.05) is 6.54 Å². The van der Waals surface area contributed by atoms with Crippen molar-refractivity contribution >= 4 is 17.8 Å². The van der Waals surface area contributed by atoms with Crippen LogP contribution in [0.15, 0.2) is 6.20 Å². The van der Waals surface area contributed by atoms with Gasteiger partial charge in [-0.3, -0.25) is 14.3 Å². The summed E-state index contributed by atoms with van der Waals surface area (Å²) in [5, 5.41) is 14.6. The van der Waals surface area contributed by atoms with Gasteiger partial charge >= 0.3 is 5.97 Å². The van der Waals surface area contributed by atoms with Gasteiger partial charge in [0.25, 0.3) is 5.91 Å². The molecule has 1 heterocycles. The fourth-order valence-electron chi connectivity index (χ4n) is 1.11. The summed E-state index contributed by atoms with van der Waals surface area (Å²) in [5.74, 6) is -2.69. The highest BCUT2D eigenvalue weighted by Gasteiger charge is 2.21. The number of aromatic carboxylic acids is 1. The molecule has 0 spiro atoms. The number of carboxylic acid groups (broad SMARTS) is 1. The Morgan fingerprint density at radius 1 is 1.56 bits per heavy atom. The van der Waals surface area contributed by atoms with Crippen LogP contribution in [0, 0.1) is 0 Å². The maximum atomic E-state index is 11.5. The zero-order chi connectivity index (χ0) is 12.3. The van der Waals surface area contributed by atoms with E-state index in [1.807, 2.05) is 0 Å². The first-order valence-corrected chi connectivity index (χ1v) is 4.25. The molecule has 4 N–H and O–H groups in total. The predicted molar refractivity (Wildman–Crippen MR) is 51.7 cm³/mol. The average Bonchev–Trinajstić information content (AvgIpc) is 2.56. The first-order valence-electron chi connectivity index (χ1n) is 4.25. The normalized spacial score (nSPS) is 9.81. The summed E-state index contributed by atoms with van der Waals surface area (Å²) in [4.78, 5) is 32.7. The third-order valence-electron chi connectivity index (χ3n) is 1.81. The summed E-state index contributed by atoms with van der Waals surface area (Å²) in [6.07, 6.45) is 1.06. The second kappa shape index (κ2) is 4.43. The number of nitrogens with zero attached hydrogens (tertiary/aromatic N) is 2. The number of hydrogen-bond acceptors (Lipinski definition) is 4. The summed E-state index contributed by atoms with van der Waals surface area (Å²) < 4.78 is 1.11. The quantitative estimate of drug-likeness (QED) is 0.565. The topological polar surface area (TPSA) is 127 Å². The molecule has 0 radical (unpaired) electrons. The Morgan fingerprint density at radius 2 is 2.19 bits per heavy atom. The Morgan fingerprint density at radius 3 is 2.69 bits per heavy atom. The van der Waals surface area contributed by atoms with Gasteiger partial charge < -0.3 is 16.2 Å². The molecule has 0 aromatic carbocycles. The number of hydrogen-bond donors (Lipinski definition) is 3. The molecule has 86 valence electrons. The summed E-state index contributed by atoms with van der Waals surface area (Å²) in [7, 11) is 1.42. The molecular formula is C8H10N4O4. The molecule has 8 heteroatoms. The van der Waals surface area contributed by atoms with E-state index in [4.69, 9.17) is 10.8 Å². The predicted octanol–water partition coefficient (Wildman–Crippen LogP) is -1.67. The lowest BCUT2D eigenvalue weighted by atomic mass is 10.2. The highest BCUT2D eigenvalue weighted by atomic mass is 16.4. The van der Waals surface area contributed by atoms with Gasteiger partial charge in [0, 0.05) is 7.05 Å². The van der Waals surface area contributed by atoms with Crippen molar-refractivity contribution in [3.63, 3.8) is 0 Å². The molecule has 0 atom stereocenters. The van der Waals surface area contributed by atoms with Crippen LogP contribution in [0.3, 0.4) is 0 Å². The lowest BCUT2D eigenvalue weighted by Gasteiger charge is -2.04. The minimum atomic E-state index is -1.27. The number of amides is 2. The van der Waals surface area contributed by atoms with Crippen LogP contribution in [0.5, 0.6) is 0 Å². The molecule has 1 aromatic heterocycles. The van der Waals surface area contributed by atoms with Gasteiger partial charge in [0.05, 0.1) is 12.7 Å². The second-order valence-electron chi connectivity index (χ2n) is 2.98. The van der Waals surface area contributed by atoms with Crippen molar-refractivity contribution in [2.24, 2.45) is 12.8 Å². The second-order valence-corrected chi connectivity index (χ2v) is 2.98. The van der Waals surface area contributed by atoms with Crippen LogP contribution >= 0.6 is 0 Å². The summed E-state index contributed by atoms with van der Waals surface area (Å²) in [6, 6.07) is 0. The monoisotopic (exact) mass is 226 g/mol. The number of rotatable bonds is 4. The minimum absolute atomic E-state index is 0.131. The SMILES string of the molecule is Cn1ncc(C(=O)O)c1C(=O)NCC(N)=O. The van der Waals surface area contributed by atoms with Crippen LogP contribution in [0.25, 0.3) is 0 Å². The Labute approximate surface area is 90.0 Å². The number of primary amides is 1. The van der Waals surface area contributed by atoms with Crippen LogP contribution in [-0.4, -0.2) is 39.2 Å². The van der Waals surface area contributed by atoms with Crippen molar-refractivity contribution < 1.29 is 19.5 Å². The van der Waals surface area contributed by atoms with Crippen LogP contribution in [0.1, 0.15) is 20.8 Å². The molecule has 2 amide bonds. The van der Waals surface area contributed by atoms with Crippen molar-refractivity contribution in [1.29, 1.82) is 0 Å². The molecule has 0 fully saturated rings. The van der Waals surface area contributed by atoms with E-state index >= 15 is 0 Å². The van der Waals surface area contributed by atoms with Crippen LogP contribution < -0.4 is 11.1 Å². The number of aromatic nitrogens is 2. The minimum Gasteiger partial charge on any atom is -0.478 e. The van der Waals surface area contributed by atoms with E-state index in [1.165, 1.54) is 7.05 Å². The van der Waals surface area contributed by atoms with E-state index in [-0.39, 0.29) is 17.8 Å². The maximum Gasteiger partial charge on any atom is 0.339 e. The molecular weight excluding hydrogens is 216 g/mol. The van der Waals surface area contributed by atoms with Gasteiger partial charge in [-0.2, -0.15) is 5.10 Å². The standard InChI is InChI=1S/C8H10N4O4/c1-12-6(4(2-11-12)8(15)16)7(14)10-3-5(9)13/h2H,3H2,1H3,(H2,9,13)(H,10,14)(H,15,16). The molecule has 0 unspecified atom stereocenters. The van der Waals surface area contributed by atoms with Gasteiger partial charge in [0.15, 0.2) is 0 Å². The van der Waals surface area contributed by atoms with E-state index in [0.29, 0.717) is 0 Å². The lowest BCUT2D eigenvalue weighted by Crippen LogP contribution is -2.35. The smallest absolute Gasteiger partial charge is 0.339 e. The van der Waals surface area contributed by atoms with E-state index in [1.54, 1.807) is 0 Å². The number of nitrogens with one attached hydrogen (secondary N) is 1. The number of carbonyl (C=O) groups is 3. The van der Waals surface area contributed by atoms with Crippen LogP contribution in [0.2, 0.25) is 0 Å². The lowest BCUT2D eigenvalue weighted by molar-refractivity contribution is -0.117. The fourth-order valence-corrected chi connectivity index (χ4v) is 1.11. The van der Waals surface area contributed by atoms with Gasteiger partial charge in [-0.05, 0) is 0 Å². The zero-order valence-corrected chi connectivity index (χ0v) is 8.43. The number of carbonyl (C=O) groups excluding carboxylic acids is 2. The number of aryl methyl sites for hydroxylation is 1. The molecule has 1 rings (SSSR count).